The maximum Gasteiger partial charge on any atom is 0.290 e. The molecule has 9 heteroatoms. The van der Waals surface area contributed by atoms with Crippen LogP contribution in [0.25, 0.3) is 0 Å². The molecule has 0 aliphatic rings. The average Bonchev–Trinajstić information content (AvgIpc) is 2.53. The molecule has 0 aromatic heterocycles. The highest BCUT2D eigenvalue weighted by atomic mass is 79.9. The van der Waals surface area contributed by atoms with Crippen LogP contribution in [-0.2, 0) is 10.0 Å². The molecule has 24 heavy (non-hydrogen) atoms. The number of benzene rings is 2. The van der Waals surface area contributed by atoms with E-state index in [9.17, 15) is 18.5 Å². The topological polar surface area (TPSA) is 89.3 Å². The summed E-state index contributed by atoms with van der Waals surface area (Å²) < 4.78 is 28.2. The molecule has 1 N–H and O–H groups in total. The van der Waals surface area contributed by atoms with E-state index in [2.05, 4.69) is 20.7 Å². The molecule has 0 aliphatic carbocycles. The summed E-state index contributed by atoms with van der Waals surface area (Å²) in [6.07, 6.45) is 0.477. The zero-order valence-corrected chi connectivity index (χ0v) is 15.7. The first-order chi connectivity index (χ1) is 11.2. The normalized spacial score (nSPS) is 12.8. The highest BCUT2D eigenvalue weighted by Gasteiger charge is 2.28. The van der Waals surface area contributed by atoms with Gasteiger partial charge in [-0.05, 0) is 36.2 Å². The molecule has 0 amide bonds. The van der Waals surface area contributed by atoms with Crippen LogP contribution in [0.15, 0.2) is 51.8 Å². The lowest BCUT2D eigenvalue weighted by molar-refractivity contribution is -0.387. The van der Waals surface area contributed by atoms with Crippen molar-refractivity contribution in [3.8, 4) is 0 Å². The summed E-state index contributed by atoms with van der Waals surface area (Å²) in [6, 6.07) is 10.1. The van der Waals surface area contributed by atoms with Gasteiger partial charge >= 0.3 is 0 Å². The number of nitro groups is 1. The van der Waals surface area contributed by atoms with Crippen LogP contribution in [0.1, 0.15) is 24.9 Å². The maximum atomic E-state index is 12.6. The van der Waals surface area contributed by atoms with Crippen molar-refractivity contribution in [2.75, 3.05) is 0 Å². The highest BCUT2D eigenvalue weighted by Crippen LogP contribution is 2.29. The van der Waals surface area contributed by atoms with Gasteiger partial charge in [0.05, 0.1) is 4.92 Å². The van der Waals surface area contributed by atoms with Crippen molar-refractivity contribution < 1.29 is 13.3 Å². The van der Waals surface area contributed by atoms with Crippen molar-refractivity contribution in [2.45, 2.75) is 24.3 Å². The number of hydrogen-bond donors (Lipinski definition) is 1. The first-order valence-corrected chi connectivity index (χ1v) is 9.61. The fourth-order valence-electron chi connectivity index (χ4n) is 2.19. The molecule has 0 saturated heterocycles. The van der Waals surface area contributed by atoms with Gasteiger partial charge < -0.3 is 0 Å². The smallest absolute Gasteiger partial charge is 0.258 e. The Morgan fingerprint density at radius 3 is 2.42 bits per heavy atom. The van der Waals surface area contributed by atoms with E-state index in [1.165, 1.54) is 12.1 Å². The van der Waals surface area contributed by atoms with E-state index in [1.807, 2.05) is 6.92 Å². The third-order valence-corrected chi connectivity index (χ3v) is 5.65. The molecule has 0 spiro atoms. The van der Waals surface area contributed by atoms with Gasteiger partial charge in [-0.1, -0.05) is 46.6 Å². The number of nitrogens with one attached hydrogen (secondary N) is 1. The van der Waals surface area contributed by atoms with Crippen LogP contribution in [0.4, 0.5) is 5.69 Å². The van der Waals surface area contributed by atoms with Gasteiger partial charge in [0, 0.05) is 21.6 Å². The van der Waals surface area contributed by atoms with Gasteiger partial charge in [-0.25, -0.2) is 13.1 Å². The molecule has 2 rings (SSSR count). The van der Waals surface area contributed by atoms with Gasteiger partial charge in [0.25, 0.3) is 5.69 Å². The zero-order valence-electron chi connectivity index (χ0n) is 12.6. The van der Waals surface area contributed by atoms with Crippen LogP contribution < -0.4 is 4.72 Å². The van der Waals surface area contributed by atoms with E-state index in [4.69, 9.17) is 11.6 Å². The van der Waals surface area contributed by atoms with Crippen molar-refractivity contribution in [1.29, 1.82) is 0 Å². The van der Waals surface area contributed by atoms with E-state index >= 15 is 0 Å². The largest absolute Gasteiger partial charge is 0.290 e. The molecule has 2 aromatic rings. The van der Waals surface area contributed by atoms with Gasteiger partial charge in [0.1, 0.15) is 0 Å². The fraction of sp³-hybridized carbons (Fsp3) is 0.200. The molecule has 0 radical (unpaired) electrons. The SMILES string of the molecule is CCC(NS(=O)(=O)c1ccc(Br)cc1[N+](=O)[O-])c1ccc(Cl)cc1. The number of halogens is 2. The lowest BCUT2D eigenvalue weighted by atomic mass is 10.1. The van der Waals surface area contributed by atoms with Crippen LogP contribution in [-0.4, -0.2) is 13.3 Å². The van der Waals surface area contributed by atoms with Crippen molar-refractivity contribution in [2.24, 2.45) is 0 Å². The Balaban J connectivity index is 2.40. The van der Waals surface area contributed by atoms with E-state index in [1.54, 1.807) is 24.3 Å². The Morgan fingerprint density at radius 2 is 1.88 bits per heavy atom. The molecule has 1 atom stereocenters. The molecule has 1 unspecified atom stereocenters. The first kappa shape index (κ1) is 18.9. The summed E-state index contributed by atoms with van der Waals surface area (Å²) >= 11 is 8.95. The van der Waals surface area contributed by atoms with E-state index in [-0.39, 0.29) is 4.90 Å². The average molecular weight is 434 g/mol. The highest BCUT2D eigenvalue weighted by molar-refractivity contribution is 9.10. The summed E-state index contributed by atoms with van der Waals surface area (Å²) in [5.74, 6) is 0. The standard InChI is InChI=1S/C15H14BrClN2O4S/c1-2-13(10-3-6-12(17)7-4-10)18-24(22,23)15-8-5-11(16)9-14(15)19(20)21/h3-9,13,18H,2H2,1H3. The number of sulfonamides is 1. The predicted molar refractivity (Wildman–Crippen MR) is 95.6 cm³/mol. The molecule has 2 aromatic carbocycles. The van der Waals surface area contributed by atoms with Gasteiger partial charge in [-0.2, -0.15) is 0 Å². The molecule has 0 aliphatic heterocycles. The van der Waals surface area contributed by atoms with Crippen LogP contribution in [0.3, 0.4) is 0 Å². The molecular weight excluding hydrogens is 420 g/mol. The minimum atomic E-state index is -4.07. The number of nitrogens with zero attached hydrogens (tertiary/aromatic N) is 1. The van der Waals surface area contributed by atoms with Crippen molar-refractivity contribution in [3.05, 3.63) is 67.6 Å². The lowest BCUT2D eigenvalue weighted by Gasteiger charge is -2.17. The van der Waals surface area contributed by atoms with E-state index < -0.39 is 26.7 Å². The van der Waals surface area contributed by atoms with Gasteiger partial charge in [-0.3, -0.25) is 10.1 Å². The molecule has 0 heterocycles. The minimum Gasteiger partial charge on any atom is -0.258 e. The van der Waals surface area contributed by atoms with Crippen LogP contribution >= 0.6 is 27.5 Å². The Hall–Kier alpha value is -1.48. The quantitative estimate of drug-likeness (QED) is 0.538. The number of nitro benzene ring substituents is 1. The van der Waals surface area contributed by atoms with Gasteiger partial charge in [-0.15, -0.1) is 0 Å². The lowest BCUT2D eigenvalue weighted by Crippen LogP contribution is -2.28. The summed E-state index contributed by atoms with van der Waals surface area (Å²) in [7, 11) is -4.07. The van der Waals surface area contributed by atoms with Gasteiger partial charge in [0.2, 0.25) is 10.0 Å². The monoisotopic (exact) mass is 432 g/mol. The van der Waals surface area contributed by atoms with Crippen LogP contribution in [0.2, 0.25) is 5.02 Å². The summed E-state index contributed by atoms with van der Waals surface area (Å²) in [4.78, 5) is 10.1. The number of rotatable bonds is 6. The Bertz CT molecular complexity index is 856. The molecule has 0 saturated carbocycles. The molecule has 0 fully saturated rings. The third-order valence-electron chi connectivity index (χ3n) is 3.39. The molecule has 128 valence electrons. The summed E-state index contributed by atoms with van der Waals surface area (Å²) in [5.41, 5.74) is 0.244. The van der Waals surface area contributed by atoms with Crippen LogP contribution in [0, 0.1) is 10.1 Å². The second-order valence-electron chi connectivity index (χ2n) is 5.00. The second-order valence-corrected chi connectivity index (χ2v) is 8.04. The zero-order chi connectivity index (χ0) is 17.9. The van der Waals surface area contributed by atoms with E-state index in [0.717, 1.165) is 11.6 Å². The maximum absolute atomic E-state index is 12.6. The first-order valence-electron chi connectivity index (χ1n) is 6.96. The predicted octanol–water partition coefficient (Wildman–Crippen LogP) is 4.44. The van der Waals surface area contributed by atoms with Crippen molar-refractivity contribution >= 4 is 43.2 Å². The van der Waals surface area contributed by atoms with Crippen LogP contribution in [0.5, 0.6) is 0 Å². The van der Waals surface area contributed by atoms with E-state index in [0.29, 0.717) is 15.9 Å². The summed E-state index contributed by atoms with van der Waals surface area (Å²) in [5, 5.41) is 11.7. The second kappa shape index (κ2) is 7.60. The third kappa shape index (κ3) is 4.32. The van der Waals surface area contributed by atoms with Crippen molar-refractivity contribution in [3.63, 3.8) is 0 Å². The van der Waals surface area contributed by atoms with Crippen molar-refractivity contribution in [1.82, 2.24) is 4.72 Å². The molecular formula is C15H14BrClN2O4S. The Morgan fingerprint density at radius 1 is 1.25 bits per heavy atom. The molecule has 0 bridgehead atoms. The number of hydrogen-bond acceptors (Lipinski definition) is 4. The van der Waals surface area contributed by atoms with Gasteiger partial charge in [0.15, 0.2) is 4.90 Å². The Labute approximate surface area is 153 Å². The molecule has 6 nitrogen and oxygen atoms in total. The minimum absolute atomic E-state index is 0.372. The summed E-state index contributed by atoms with van der Waals surface area (Å²) in [6.45, 7) is 1.82. The fourth-order valence-corrected chi connectivity index (χ4v) is 4.13. The Kier molecular flexibility index (Phi) is 5.97.